The Morgan fingerprint density at radius 1 is 0.882 bits per heavy atom. The molecule has 1 aliphatic rings. The van der Waals surface area contributed by atoms with Gasteiger partial charge in [-0.25, -0.2) is 0 Å². The van der Waals surface area contributed by atoms with Crippen molar-refractivity contribution in [2.45, 2.75) is 57.9 Å². The zero-order chi connectivity index (χ0) is 24.0. The van der Waals surface area contributed by atoms with Gasteiger partial charge in [0.15, 0.2) is 0 Å². The van der Waals surface area contributed by atoms with Gasteiger partial charge in [-0.1, -0.05) is 43.5 Å². The van der Waals surface area contributed by atoms with Gasteiger partial charge in [-0.05, 0) is 66.3 Å². The molecular weight excluding hydrogens is 435 g/mol. The van der Waals surface area contributed by atoms with Crippen LogP contribution in [0.3, 0.4) is 0 Å². The molecule has 0 N–H and O–H groups in total. The highest BCUT2D eigenvalue weighted by Crippen LogP contribution is 2.29. The van der Waals surface area contributed by atoms with Gasteiger partial charge in [0.25, 0.3) is 0 Å². The molecule has 3 aromatic rings. The van der Waals surface area contributed by atoms with E-state index in [1.807, 2.05) is 36.5 Å². The fourth-order valence-corrected chi connectivity index (χ4v) is 4.83. The minimum atomic E-state index is -4.32. The highest BCUT2D eigenvalue weighted by atomic mass is 19.4. The Kier molecular flexibility index (Phi) is 7.74. The van der Waals surface area contributed by atoms with Crippen molar-refractivity contribution in [1.82, 2.24) is 9.47 Å². The van der Waals surface area contributed by atoms with E-state index in [0.29, 0.717) is 18.0 Å². The Bertz CT molecular complexity index is 1090. The molecule has 0 saturated heterocycles. The van der Waals surface area contributed by atoms with Gasteiger partial charge in [0.2, 0.25) is 0 Å². The van der Waals surface area contributed by atoms with Crippen LogP contribution in [-0.2, 0) is 25.8 Å². The minimum absolute atomic E-state index is 0.536. The first kappa shape index (κ1) is 24.1. The lowest BCUT2D eigenvalue weighted by atomic mass is 9.89. The van der Waals surface area contributed by atoms with E-state index >= 15 is 0 Å². The minimum Gasteiger partial charge on any atom is -0.346 e. The maximum absolute atomic E-state index is 12.9. The number of alkyl halides is 3. The Balaban J connectivity index is 1.48. The van der Waals surface area contributed by atoms with E-state index in [0.717, 1.165) is 43.0 Å². The predicted octanol–water partition coefficient (Wildman–Crippen LogP) is 7.01. The van der Waals surface area contributed by atoms with E-state index in [9.17, 15) is 13.2 Å². The third-order valence-corrected chi connectivity index (χ3v) is 6.67. The second-order valence-corrected chi connectivity index (χ2v) is 9.30. The molecule has 3 nitrogen and oxygen atoms in total. The summed E-state index contributed by atoms with van der Waals surface area (Å²) in [6, 6.07) is 19.5. The maximum atomic E-state index is 12.9. The Hall–Kier alpha value is -3.04. The van der Waals surface area contributed by atoms with Crippen LogP contribution in [0.2, 0.25) is 0 Å². The number of benzene rings is 2. The molecule has 0 spiro atoms. The van der Waals surface area contributed by atoms with Crippen LogP contribution in [0.4, 0.5) is 13.2 Å². The van der Waals surface area contributed by atoms with Crippen molar-refractivity contribution in [2.75, 3.05) is 6.54 Å². The second kappa shape index (κ2) is 10.9. The summed E-state index contributed by atoms with van der Waals surface area (Å²) in [7, 11) is 0. The topological polar surface area (TPSA) is 32.0 Å². The molecule has 0 amide bonds. The quantitative estimate of drug-likeness (QED) is 0.358. The lowest BCUT2D eigenvalue weighted by Gasteiger charge is -2.30. The fourth-order valence-electron chi connectivity index (χ4n) is 4.83. The molecule has 0 bridgehead atoms. The van der Waals surface area contributed by atoms with Crippen molar-refractivity contribution in [1.29, 1.82) is 5.26 Å². The molecule has 1 heterocycles. The van der Waals surface area contributed by atoms with Crippen molar-refractivity contribution >= 4 is 0 Å². The summed E-state index contributed by atoms with van der Waals surface area (Å²) in [6.45, 7) is 3.12. The van der Waals surface area contributed by atoms with E-state index in [4.69, 9.17) is 5.26 Å². The smallest absolute Gasteiger partial charge is 0.346 e. The molecule has 1 saturated carbocycles. The van der Waals surface area contributed by atoms with Gasteiger partial charge in [0, 0.05) is 38.1 Å². The number of halogens is 3. The molecule has 0 unspecified atom stereocenters. The third kappa shape index (κ3) is 6.51. The lowest BCUT2D eigenvalue weighted by Crippen LogP contribution is -2.30. The zero-order valence-corrected chi connectivity index (χ0v) is 19.3. The average molecular weight is 466 g/mol. The van der Waals surface area contributed by atoms with Crippen LogP contribution >= 0.6 is 0 Å². The SMILES string of the molecule is N#Cc1ccc(CN(Cc2cccn2Cc2ccc(C(F)(F)F)cc2)CC2CCCCC2)cc1. The molecule has 178 valence electrons. The highest BCUT2D eigenvalue weighted by Gasteiger charge is 2.30. The summed E-state index contributed by atoms with van der Waals surface area (Å²) in [5.74, 6) is 0.686. The van der Waals surface area contributed by atoms with E-state index < -0.39 is 11.7 Å². The molecule has 1 aromatic heterocycles. The van der Waals surface area contributed by atoms with Gasteiger partial charge in [-0.3, -0.25) is 4.90 Å². The zero-order valence-electron chi connectivity index (χ0n) is 19.3. The normalized spacial score (nSPS) is 14.9. The van der Waals surface area contributed by atoms with E-state index in [1.54, 1.807) is 12.1 Å². The fraction of sp³-hybridized carbons (Fsp3) is 0.393. The van der Waals surface area contributed by atoms with Crippen LogP contribution in [0, 0.1) is 17.2 Å². The van der Waals surface area contributed by atoms with Crippen LogP contribution in [-0.4, -0.2) is 16.0 Å². The van der Waals surface area contributed by atoms with Crippen LogP contribution < -0.4 is 0 Å². The molecule has 34 heavy (non-hydrogen) atoms. The summed E-state index contributed by atoms with van der Waals surface area (Å²) in [4.78, 5) is 2.47. The highest BCUT2D eigenvalue weighted by molar-refractivity contribution is 5.31. The lowest BCUT2D eigenvalue weighted by molar-refractivity contribution is -0.137. The molecule has 0 radical (unpaired) electrons. The van der Waals surface area contributed by atoms with Gasteiger partial charge in [0.1, 0.15) is 0 Å². The largest absolute Gasteiger partial charge is 0.416 e. The van der Waals surface area contributed by atoms with Crippen LogP contribution in [0.15, 0.2) is 66.9 Å². The molecule has 6 heteroatoms. The van der Waals surface area contributed by atoms with Crippen LogP contribution in [0.1, 0.15) is 60.1 Å². The molecule has 4 rings (SSSR count). The molecule has 0 aliphatic heterocycles. The average Bonchev–Trinajstić information content (AvgIpc) is 3.26. The van der Waals surface area contributed by atoms with Crippen molar-refractivity contribution in [3.8, 4) is 6.07 Å². The first-order chi connectivity index (χ1) is 16.4. The first-order valence-corrected chi connectivity index (χ1v) is 11.9. The predicted molar refractivity (Wildman–Crippen MR) is 127 cm³/mol. The van der Waals surface area contributed by atoms with Gasteiger partial charge in [0.05, 0.1) is 17.2 Å². The van der Waals surface area contributed by atoms with Crippen LogP contribution in [0.25, 0.3) is 0 Å². The van der Waals surface area contributed by atoms with Gasteiger partial charge >= 0.3 is 6.18 Å². The van der Waals surface area contributed by atoms with Gasteiger partial charge < -0.3 is 4.57 Å². The summed E-state index contributed by atoms with van der Waals surface area (Å²) >= 11 is 0. The van der Waals surface area contributed by atoms with Gasteiger partial charge in [-0.2, -0.15) is 18.4 Å². The van der Waals surface area contributed by atoms with E-state index in [-0.39, 0.29) is 0 Å². The van der Waals surface area contributed by atoms with Gasteiger partial charge in [-0.15, -0.1) is 0 Å². The molecule has 0 atom stereocenters. The number of hydrogen-bond acceptors (Lipinski definition) is 2. The second-order valence-electron chi connectivity index (χ2n) is 9.30. The van der Waals surface area contributed by atoms with Crippen molar-refractivity contribution in [3.63, 3.8) is 0 Å². The molecule has 1 aliphatic carbocycles. The Morgan fingerprint density at radius 2 is 1.56 bits per heavy atom. The summed E-state index contributed by atoms with van der Waals surface area (Å²) in [6.07, 6.45) is 4.10. The molecular formula is C28H30F3N3. The monoisotopic (exact) mass is 465 g/mol. The number of rotatable bonds is 8. The summed E-state index contributed by atoms with van der Waals surface area (Å²) in [5.41, 5.74) is 3.20. The number of aromatic nitrogens is 1. The van der Waals surface area contributed by atoms with Crippen molar-refractivity contribution < 1.29 is 13.2 Å². The summed E-state index contributed by atoms with van der Waals surface area (Å²) < 4.78 is 40.8. The van der Waals surface area contributed by atoms with Crippen LogP contribution in [0.5, 0.6) is 0 Å². The number of nitrogens with zero attached hydrogens (tertiary/aromatic N) is 3. The number of nitriles is 1. The maximum Gasteiger partial charge on any atom is 0.416 e. The Morgan fingerprint density at radius 3 is 2.21 bits per heavy atom. The number of hydrogen-bond donors (Lipinski definition) is 0. The van der Waals surface area contributed by atoms with Crippen molar-refractivity contribution in [2.24, 2.45) is 5.92 Å². The standard InChI is InChI=1S/C28H30F3N3/c29-28(30,31)26-14-12-25(13-15-26)20-34-16-4-7-27(34)21-33(18-23-5-2-1-3-6-23)19-24-10-8-22(17-32)9-11-24/h4,7-16,23H,1-3,5-6,18-21H2. The first-order valence-electron chi connectivity index (χ1n) is 11.9. The van der Waals surface area contributed by atoms with Crippen molar-refractivity contribution in [3.05, 3.63) is 94.8 Å². The van der Waals surface area contributed by atoms with E-state index in [2.05, 4.69) is 21.6 Å². The van der Waals surface area contributed by atoms with E-state index in [1.165, 1.54) is 37.7 Å². The Labute approximate surface area is 199 Å². The summed E-state index contributed by atoms with van der Waals surface area (Å²) in [5, 5.41) is 9.09. The molecule has 1 fully saturated rings. The third-order valence-electron chi connectivity index (χ3n) is 6.67. The molecule has 2 aromatic carbocycles.